The van der Waals surface area contributed by atoms with Crippen LogP contribution in [0.25, 0.3) is 0 Å². The summed E-state index contributed by atoms with van der Waals surface area (Å²) in [5, 5.41) is 9.37. The predicted molar refractivity (Wildman–Crippen MR) is 104 cm³/mol. The summed E-state index contributed by atoms with van der Waals surface area (Å²) in [6, 6.07) is 10.1. The van der Waals surface area contributed by atoms with Crippen molar-refractivity contribution in [2.24, 2.45) is 4.99 Å². The van der Waals surface area contributed by atoms with Crippen LogP contribution in [0.5, 0.6) is 0 Å². The maximum absolute atomic E-state index is 12.0. The first-order valence-corrected chi connectivity index (χ1v) is 9.41. The first kappa shape index (κ1) is 20.2. The largest absolute Gasteiger partial charge is 0.379 e. The molecule has 1 amide bonds. The highest BCUT2D eigenvalue weighted by molar-refractivity contribution is 5.84. The van der Waals surface area contributed by atoms with E-state index in [1.165, 1.54) is 5.56 Å². The van der Waals surface area contributed by atoms with Gasteiger partial charge in [0.25, 0.3) is 0 Å². The number of amides is 1. The van der Waals surface area contributed by atoms with Crippen molar-refractivity contribution in [3.05, 3.63) is 35.9 Å². The number of guanidine groups is 1. The number of rotatable bonds is 9. The van der Waals surface area contributed by atoms with Crippen molar-refractivity contribution in [1.29, 1.82) is 0 Å². The fourth-order valence-corrected chi connectivity index (χ4v) is 2.70. The standard InChI is InChI=1S/C19H31N5O2/c1-2-20-19(22-10-11-24-12-14-26-15-13-24)23-16-18(25)21-9-8-17-6-4-3-5-7-17/h3-7H,2,8-16H2,1H3,(H,21,25)(H2,20,22,23). The average molecular weight is 361 g/mol. The van der Waals surface area contributed by atoms with Crippen molar-refractivity contribution in [2.75, 3.05) is 59.0 Å². The lowest BCUT2D eigenvalue weighted by Gasteiger charge is -2.26. The van der Waals surface area contributed by atoms with Crippen molar-refractivity contribution >= 4 is 11.9 Å². The first-order chi connectivity index (χ1) is 12.8. The third-order valence-electron chi connectivity index (χ3n) is 4.13. The third kappa shape index (κ3) is 8.31. The molecule has 1 fully saturated rings. The molecule has 26 heavy (non-hydrogen) atoms. The zero-order valence-electron chi connectivity index (χ0n) is 15.7. The van der Waals surface area contributed by atoms with Gasteiger partial charge in [0.05, 0.1) is 13.2 Å². The van der Waals surface area contributed by atoms with Crippen molar-refractivity contribution in [3.63, 3.8) is 0 Å². The van der Waals surface area contributed by atoms with E-state index in [-0.39, 0.29) is 12.5 Å². The average Bonchev–Trinajstić information content (AvgIpc) is 2.68. The minimum Gasteiger partial charge on any atom is -0.379 e. The summed E-state index contributed by atoms with van der Waals surface area (Å²) in [6.45, 7) is 8.81. The summed E-state index contributed by atoms with van der Waals surface area (Å²) in [5.41, 5.74) is 1.22. The summed E-state index contributed by atoms with van der Waals surface area (Å²) >= 11 is 0. The number of hydrogen-bond donors (Lipinski definition) is 3. The van der Waals surface area contributed by atoms with Gasteiger partial charge in [-0.2, -0.15) is 0 Å². The Kier molecular flexibility index (Phi) is 9.53. The third-order valence-corrected chi connectivity index (χ3v) is 4.13. The molecule has 7 heteroatoms. The summed E-state index contributed by atoms with van der Waals surface area (Å²) in [6.07, 6.45) is 0.828. The fourth-order valence-electron chi connectivity index (χ4n) is 2.70. The summed E-state index contributed by atoms with van der Waals surface area (Å²) in [4.78, 5) is 18.7. The van der Waals surface area contributed by atoms with E-state index < -0.39 is 0 Å². The number of ether oxygens (including phenoxy) is 1. The Morgan fingerprint density at radius 1 is 1.12 bits per heavy atom. The first-order valence-electron chi connectivity index (χ1n) is 9.41. The SMILES string of the molecule is CCNC(=NCC(=O)NCCc1ccccc1)NCCN1CCOCC1. The molecule has 0 radical (unpaired) electrons. The number of carbonyl (C=O) groups excluding carboxylic acids is 1. The Hall–Kier alpha value is -2.12. The molecule has 1 aliphatic rings. The van der Waals surface area contributed by atoms with Crippen LogP contribution in [0.4, 0.5) is 0 Å². The van der Waals surface area contributed by atoms with Gasteiger partial charge in [-0.05, 0) is 18.9 Å². The monoisotopic (exact) mass is 361 g/mol. The number of carbonyl (C=O) groups is 1. The smallest absolute Gasteiger partial charge is 0.241 e. The van der Waals surface area contributed by atoms with Crippen LogP contribution in [-0.4, -0.2) is 75.8 Å². The molecule has 1 saturated heterocycles. The van der Waals surface area contributed by atoms with E-state index >= 15 is 0 Å². The van der Waals surface area contributed by atoms with Crippen LogP contribution in [0.1, 0.15) is 12.5 Å². The van der Waals surface area contributed by atoms with Crippen LogP contribution in [0.15, 0.2) is 35.3 Å². The molecular formula is C19H31N5O2. The normalized spacial score (nSPS) is 15.5. The lowest BCUT2D eigenvalue weighted by molar-refractivity contribution is -0.119. The molecule has 1 aliphatic heterocycles. The molecule has 0 bridgehead atoms. The predicted octanol–water partition coefficient (Wildman–Crippen LogP) is 0.233. The Labute approximate surface area is 156 Å². The fraction of sp³-hybridized carbons (Fsp3) is 0.579. The Balaban J connectivity index is 1.64. The van der Waals surface area contributed by atoms with Gasteiger partial charge in [-0.1, -0.05) is 30.3 Å². The van der Waals surface area contributed by atoms with Crippen molar-refractivity contribution in [2.45, 2.75) is 13.3 Å². The molecule has 1 aromatic carbocycles. The highest BCUT2D eigenvalue weighted by atomic mass is 16.5. The van der Waals surface area contributed by atoms with E-state index in [9.17, 15) is 4.79 Å². The summed E-state index contributed by atoms with van der Waals surface area (Å²) in [7, 11) is 0. The maximum atomic E-state index is 12.0. The van der Waals surface area contributed by atoms with Crippen LogP contribution in [0.3, 0.4) is 0 Å². The molecule has 0 aromatic heterocycles. The zero-order valence-corrected chi connectivity index (χ0v) is 15.7. The van der Waals surface area contributed by atoms with Gasteiger partial charge in [0.1, 0.15) is 6.54 Å². The van der Waals surface area contributed by atoms with E-state index in [0.29, 0.717) is 12.5 Å². The topological polar surface area (TPSA) is 78.0 Å². The molecule has 0 spiro atoms. The van der Waals surface area contributed by atoms with E-state index in [2.05, 4.69) is 38.0 Å². The second kappa shape index (κ2) is 12.3. The Morgan fingerprint density at radius 3 is 2.62 bits per heavy atom. The molecular weight excluding hydrogens is 330 g/mol. The van der Waals surface area contributed by atoms with E-state index in [0.717, 1.165) is 52.4 Å². The minimum absolute atomic E-state index is 0.0636. The molecule has 0 saturated carbocycles. The molecule has 1 aromatic rings. The minimum atomic E-state index is -0.0636. The molecule has 3 N–H and O–H groups in total. The van der Waals surface area contributed by atoms with Gasteiger partial charge in [0.15, 0.2) is 5.96 Å². The van der Waals surface area contributed by atoms with Gasteiger partial charge in [-0.25, -0.2) is 4.99 Å². The van der Waals surface area contributed by atoms with Crippen molar-refractivity contribution < 1.29 is 9.53 Å². The van der Waals surface area contributed by atoms with Crippen LogP contribution < -0.4 is 16.0 Å². The number of hydrogen-bond acceptors (Lipinski definition) is 4. The zero-order chi connectivity index (χ0) is 18.5. The lowest BCUT2D eigenvalue weighted by atomic mass is 10.1. The Bertz CT molecular complexity index is 544. The Morgan fingerprint density at radius 2 is 1.88 bits per heavy atom. The highest BCUT2D eigenvalue weighted by Gasteiger charge is 2.09. The highest BCUT2D eigenvalue weighted by Crippen LogP contribution is 1.98. The van der Waals surface area contributed by atoms with Gasteiger partial charge in [-0.3, -0.25) is 9.69 Å². The molecule has 0 unspecified atom stereocenters. The van der Waals surface area contributed by atoms with Crippen LogP contribution in [0.2, 0.25) is 0 Å². The van der Waals surface area contributed by atoms with Gasteiger partial charge >= 0.3 is 0 Å². The summed E-state index contributed by atoms with van der Waals surface area (Å²) < 4.78 is 5.35. The van der Waals surface area contributed by atoms with Gasteiger partial charge in [0.2, 0.25) is 5.91 Å². The van der Waals surface area contributed by atoms with Gasteiger partial charge in [0, 0.05) is 39.3 Å². The van der Waals surface area contributed by atoms with Crippen molar-refractivity contribution in [3.8, 4) is 0 Å². The molecule has 0 atom stereocenters. The lowest BCUT2D eigenvalue weighted by Crippen LogP contribution is -2.44. The van der Waals surface area contributed by atoms with Crippen molar-refractivity contribution in [1.82, 2.24) is 20.9 Å². The quantitative estimate of drug-likeness (QED) is 0.434. The second-order valence-corrected chi connectivity index (χ2v) is 6.16. The number of morpholine rings is 1. The van der Waals surface area contributed by atoms with Crippen LogP contribution >= 0.6 is 0 Å². The number of aliphatic imine (C=N–C) groups is 1. The van der Waals surface area contributed by atoms with E-state index in [1.807, 2.05) is 25.1 Å². The molecule has 7 nitrogen and oxygen atoms in total. The second-order valence-electron chi connectivity index (χ2n) is 6.16. The van der Waals surface area contributed by atoms with E-state index in [4.69, 9.17) is 4.74 Å². The number of nitrogens with zero attached hydrogens (tertiary/aromatic N) is 2. The van der Waals surface area contributed by atoms with Crippen LogP contribution in [0, 0.1) is 0 Å². The maximum Gasteiger partial charge on any atom is 0.241 e. The number of benzene rings is 1. The molecule has 2 rings (SSSR count). The van der Waals surface area contributed by atoms with Gasteiger partial charge in [-0.15, -0.1) is 0 Å². The number of nitrogens with one attached hydrogen (secondary N) is 3. The summed E-state index contributed by atoms with van der Waals surface area (Å²) in [5.74, 6) is 0.616. The molecule has 144 valence electrons. The molecule has 1 heterocycles. The molecule has 0 aliphatic carbocycles. The van der Waals surface area contributed by atoms with Gasteiger partial charge < -0.3 is 20.7 Å². The van der Waals surface area contributed by atoms with Crippen LogP contribution in [-0.2, 0) is 16.0 Å². The van der Waals surface area contributed by atoms with E-state index in [1.54, 1.807) is 0 Å².